The second kappa shape index (κ2) is 14.6. The topological polar surface area (TPSA) is 65.8 Å². The van der Waals surface area contributed by atoms with Gasteiger partial charge in [0.15, 0.2) is 0 Å². The van der Waals surface area contributed by atoms with Crippen molar-refractivity contribution in [3.63, 3.8) is 0 Å². The third kappa shape index (κ3) is 11.0. The molecular formula is C23H28Cl2N4O. The van der Waals surface area contributed by atoms with Crippen LogP contribution in [0.2, 0.25) is 10.0 Å². The summed E-state index contributed by atoms with van der Waals surface area (Å²) in [6.07, 6.45) is 10.4. The van der Waals surface area contributed by atoms with Gasteiger partial charge in [-0.1, -0.05) is 23.2 Å². The van der Waals surface area contributed by atoms with Gasteiger partial charge in [-0.25, -0.2) is 0 Å². The SMILES string of the molecule is O=C(CCCCC=NNc1ccc(Cl)cc1)CCCCC=NNc1ccc(Cl)cc1. The Morgan fingerprint density at radius 1 is 0.700 bits per heavy atom. The zero-order chi connectivity index (χ0) is 21.4. The van der Waals surface area contributed by atoms with E-state index in [2.05, 4.69) is 21.1 Å². The average molecular weight is 447 g/mol. The summed E-state index contributed by atoms with van der Waals surface area (Å²) in [4.78, 5) is 11.9. The van der Waals surface area contributed by atoms with Crippen LogP contribution in [0.1, 0.15) is 51.4 Å². The minimum atomic E-state index is 0.336. The molecule has 0 aromatic heterocycles. The summed E-state index contributed by atoms with van der Waals surface area (Å²) in [6, 6.07) is 14.8. The zero-order valence-corrected chi connectivity index (χ0v) is 18.5. The van der Waals surface area contributed by atoms with Gasteiger partial charge in [0.25, 0.3) is 0 Å². The zero-order valence-electron chi connectivity index (χ0n) is 17.0. The van der Waals surface area contributed by atoms with Crippen LogP contribution >= 0.6 is 23.2 Å². The van der Waals surface area contributed by atoms with Crippen molar-refractivity contribution in [3.8, 4) is 0 Å². The molecule has 0 saturated carbocycles. The molecule has 0 fully saturated rings. The fourth-order valence-corrected chi connectivity index (χ4v) is 2.91. The van der Waals surface area contributed by atoms with Crippen LogP contribution in [0.3, 0.4) is 0 Å². The van der Waals surface area contributed by atoms with Gasteiger partial charge in [-0.15, -0.1) is 0 Å². The Morgan fingerprint density at radius 2 is 1.10 bits per heavy atom. The van der Waals surface area contributed by atoms with E-state index in [1.165, 1.54) is 0 Å². The first-order valence-corrected chi connectivity index (χ1v) is 11.0. The van der Waals surface area contributed by atoms with E-state index in [0.29, 0.717) is 28.7 Å². The molecule has 2 rings (SSSR count). The summed E-state index contributed by atoms with van der Waals surface area (Å²) in [6.45, 7) is 0. The highest BCUT2D eigenvalue weighted by Crippen LogP contribution is 2.14. The van der Waals surface area contributed by atoms with E-state index in [0.717, 1.165) is 49.9 Å². The van der Waals surface area contributed by atoms with Gasteiger partial charge >= 0.3 is 0 Å². The molecule has 2 aromatic carbocycles. The lowest BCUT2D eigenvalue weighted by Gasteiger charge is -2.01. The monoisotopic (exact) mass is 446 g/mol. The number of benzene rings is 2. The second-order valence-electron chi connectivity index (χ2n) is 6.89. The number of anilines is 2. The molecule has 0 bridgehead atoms. The van der Waals surface area contributed by atoms with Gasteiger partial charge in [-0.2, -0.15) is 10.2 Å². The molecule has 0 saturated heterocycles. The number of rotatable bonds is 14. The Bertz CT molecular complexity index is 737. The molecule has 0 heterocycles. The first-order chi connectivity index (χ1) is 14.6. The molecule has 0 spiro atoms. The largest absolute Gasteiger partial charge is 0.300 e. The predicted octanol–water partition coefficient (Wildman–Crippen LogP) is 7.18. The van der Waals surface area contributed by atoms with Crippen LogP contribution < -0.4 is 10.9 Å². The predicted molar refractivity (Wildman–Crippen MR) is 129 cm³/mol. The number of hydrogen-bond acceptors (Lipinski definition) is 5. The Balaban J connectivity index is 1.42. The van der Waals surface area contributed by atoms with Crippen molar-refractivity contribution in [2.45, 2.75) is 51.4 Å². The third-order valence-electron chi connectivity index (χ3n) is 4.34. The molecule has 0 aliphatic carbocycles. The highest BCUT2D eigenvalue weighted by Gasteiger charge is 2.01. The quantitative estimate of drug-likeness (QED) is 0.183. The van der Waals surface area contributed by atoms with Crippen LogP contribution in [0.15, 0.2) is 58.7 Å². The number of Topliss-reactive ketones (excluding diaryl/α,β-unsaturated/α-hetero) is 1. The number of hydrazone groups is 2. The first-order valence-electron chi connectivity index (χ1n) is 10.2. The molecule has 0 aliphatic rings. The van der Waals surface area contributed by atoms with Crippen LogP contribution in [0, 0.1) is 0 Å². The van der Waals surface area contributed by atoms with Crippen molar-refractivity contribution >= 4 is 52.8 Å². The number of hydrogen-bond donors (Lipinski definition) is 2. The van der Waals surface area contributed by atoms with Crippen molar-refractivity contribution in [1.29, 1.82) is 0 Å². The molecule has 0 atom stereocenters. The van der Waals surface area contributed by atoms with E-state index < -0.39 is 0 Å². The molecule has 0 radical (unpaired) electrons. The number of carbonyl (C=O) groups excluding carboxylic acids is 1. The van der Waals surface area contributed by atoms with Crippen LogP contribution in [0.25, 0.3) is 0 Å². The molecule has 160 valence electrons. The Morgan fingerprint density at radius 3 is 1.50 bits per heavy atom. The Kier molecular flexibility index (Phi) is 11.6. The van der Waals surface area contributed by atoms with Gasteiger partial charge in [-0.05, 0) is 87.1 Å². The number of nitrogens with one attached hydrogen (secondary N) is 2. The van der Waals surface area contributed by atoms with Crippen molar-refractivity contribution in [3.05, 3.63) is 58.6 Å². The van der Waals surface area contributed by atoms with Gasteiger partial charge in [0.2, 0.25) is 0 Å². The fraction of sp³-hybridized carbons (Fsp3) is 0.348. The van der Waals surface area contributed by atoms with Crippen molar-refractivity contribution in [2.75, 3.05) is 10.9 Å². The molecule has 0 aliphatic heterocycles. The highest BCUT2D eigenvalue weighted by molar-refractivity contribution is 6.30. The molecular weight excluding hydrogens is 419 g/mol. The van der Waals surface area contributed by atoms with Crippen molar-refractivity contribution in [1.82, 2.24) is 0 Å². The smallest absolute Gasteiger partial charge is 0.132 e. The van der Waals surface area contributed by atoms with E-state index in [1.54, 1.807) is 0 Å². The summed E-state index contributed by atoms with van der Waals surface area (Å²) in [7, 11) is 0. The normalized spacial score (nSPS) is 11.3. The summed E-state index contributed by atoms with van der Waals surface area (Å²) < 4.78 is 0. The molecule has 2 N–H and O–H groups in total. The van der Waals surface area contributed by atoms with Gasteiger partial charge in [0.1, 0.15) is 5.78 Å². The number of nitrogens with zero attached hydrogens (tertiary/aromatic N) is 2. The van der Waals surface area contributed by atoms with Crippen LogP contribution in [-0.4, -0.2) is 18.2 Å². The lowest BCUT2D eigenvalue weighted by molar-refractivity contribution is -0.119. The number of halogens is 2. The molecule has 5 nitrogen and oxygen atoms in total. The van der Waals surface area contributed by atoms with Crippen LogP contribution in [0.4, 0.5) is 11.4 Å². The van der Waals surface area contributed by atoms with E-state index >= 15 is 0 Å². The maximum Gasteiger partial charge on any atom is 0.132 e. The lowest BCUT2D eigenvalue weighted by Crippen LogP contribution is -1.98. The highest BCUT2D eigenvalue weighted by atomic mass is 35.5. The maximum absolute atomic E-state index is 11.9. The Labute approximate surface area is 188 Å². The summed E-state index contributed by atoms with van der Waals surface area (Å²) in [5, 5.41) is 9.74. The van der Waals surface area contributed by atoms with Crippen molar-refractivity contribution < 1.29 is 4.79 Å². The van der Waals surface area contributed by atoms with Gasteiger partial charge in [0, 0.05) is 35.3 Å². The molecule has 7 heteroatoms. The number of ketones is 1. The van der Waals surface area contributed by atoms with Gasteiger partial charge < -0.3 is 0 Å². The molecule has 30 heavy (non-hydrogen) atoms. The Hall–Kier alpha value is -2.37. The van der Waals surface area contributed by atoms with Crippen LogP contribution in [-0.2, 0) is 4.79 Å². The maximum atomic E-state index is 11.9. The molecule has 2 aromatic rings. The summed E-state index contributed by atoms with van der Waals surface area (Å²) >= 11 is 11.7. The van der Waals surface area contributed by atoms with E-state index in [9.17, 15) is 4.79 Å². The van der Waals surface area contributed by atoms with Crippen molar-refractivity contribution in [2.24, 2.45) is 10.2 Å². The van der Waals surface area contributed by atoms with E-state index in [1.807, 2.05) is 61.0 Å². The van der Waals surface area contributed by atoms with E-state index in [-0.39, 0.29) is 0 Å². The van der Waals surface area contributed by atoms with Crippen LogP contribution in [0.5, 0.6) is 0 Å². The minimum Gasteiger partial charge on any atom is -0.300 e. The number of unbranched alkanes of at least 4 members (excludes halogenated alkanes) is 4. The summed E-state index contributed by atoms with van der Waals surface area (Å²) in [5.74, 6) is 0.336. The standard InChI is InChI=1S/C23H28Cl2N4O/c24-19-9-13-21(14-10-19)28-26-17-5-1-3-7-23(30)8-4-2-6-18-27-29-22-15-11-20(25)12-16-22/h9-18,28-29H,1-8H2. The van der Waals surface area contributed by atoms with E-state index in [4.69, 9.17) is 23.2 Å². The van der Waals surface area contributed by atoms with Gasteiger partial charge in [-0.3, -0.25) is 15.6 Å². The second-order valence-corrected chi connectivity index (χ2v) is 7.76. The first kappa shape index (κ1) is 23.9. The number of carbonyl (C=O) groups is 1. The minimum absolute atomic E-state index is 0.336. The average Bonchev–Trinajstić information content (AvgIpc) is 2.75. The summed E-state index contributed by atoms with van der Waals surface area (Å²) in [5.41, 5.74) is 7.71. The molecule has 0 amide bonds. The molecule has 0 unspecified atom stereocenters. The third-order valence-corrected chi connectivity index (χ3v) is 4.84. The lowest BCUT2D eigenvalue weighted by atomic mass is 10.1. The fourth-order valence-electron chi connectivity index (χ4n) is 2.66. The van der Waals surface area contributed by atoms with Gasteiger partial charge in [0.05, 0.1) is 11.4 Å².